The van der Waals surface area contributed by atoms with Crippen molar-refractivity contribution in [1.29, 1.82) is 0 Å². The van der Waals surface area contributed by atoms with E-state index in [1.807, 2.05) is 6.92 Å². The number of hydrogen-bond donors (Lipinski definition) is 0. The molecule has 6 nitrogen and oxygen atoms in total. The Morgan fingerprint density at radius 1 is 1.21 bits per heavy atom. The Morgan fingerprint density at radius 3 is 2.57 bits per heavy atom. The van der Waals surface area contributed by atoms with E-state index in [0.717, 1.165) is 12.0 Å². The SMILES string of the molecule is CCCS(=O)(=O)N1CCCC1C(=O)N1CCN(Cc2ccc(F)cc2Cl)CC1. The van der Waals surface area contributed by atoms with Crippen molar-refractivity contribution in [3.8, 4) is 0 Å². The van der Waals surface area contributed by atoms with Gasteiger partial charge in [0.25, 0.3) is 0 Å². The summed E-state index contributed by atoms with van der Waals surface area (Å²) in [7, 11) is -3.37. The van der Waals surface area contributed by atoms with Gasteiger partial charge in [0.2, 0.25) is 15.9 Å². The molecule has 3 rings (SSSR count). The van der Waals surface area contributed by atoms with Gasteiger partial charge in [0.1, 0.15) is 11.9 Å². The lowest BCUT2D eigenvalue weighted by atomic mass is 10.1. The highest BCUT2D eigenvalue weighted by Crippen LogP contribution is 2.25. The third kappa shape index (κ3) is 4.84. The Balaban J connectivity index is 1.57. The highest BCUT2D eigenvalue weighted by molar-refractivity contribution is 7.89. The van der Waals surface area contributed by atoms with E-state index in [0.29, 0.717) is 57.1 Å². The summed E-state index contributed by atoms with van der Waals surface area (Å²) in [6.07, 6.45) is 1.86. The Hall–Kier alpha value is -1.22. The topological polar surface area (TPSA) is 60.9 Å². The van der Waals surface area contributed by atoms with Crippen LogP contribution in [0.25, 0.3) is 0 Å². The van der Waals surface area contributed by atoms with Crippen molar-refractivity contribution in [2.45, 2.75) is 38.8 Å². The summed E-state index contributed by atoms with van der Waals surface area (Å²) in [5, 5.41) is 0.404. The molecule has 2 heterocycles. The van der Waals surface area contributed by atoms with Gasteiger partial charge in [0.05, 0.1) is 5.75 Å². The molecule has 0 aliphatic carbocycles. The van der Waals surface area contributed by atoms with Crippen molar-refractivity contribution in [3.05, 3.63) is 34.6 Å². The highest BCUT2D eigenvalue weighted by Gasteiger charge is 2.40. The van der Waals surface area contributed by atoms with Gasteiger partial charge in [0.15, 0.2) is 0 Å². The second-order valence-corrected chi connectivity index (χ2v) is 9.87. The van der Waals surface area contributed by atoms with Crippen molar-refractivity contribution < 1.29 is 17.6 Å². The fourth-order valence-corrected chi connectivity index (χ4v) is 5.89. The van der Waals surface area contributed by atoms with Crippen molar-refractivity contribution in [1.82, 2.24) is 14.1 Å². The van der Waals surface area contributed by atoms with Gasteiger partial charge >= 0.3 is 0 Å². The molecule has 1 amide bonds. The Kier molecular flexibility index (Phi) is 6.96. The molecule has 2 aliphatic heterocycles. The van der Waals surface area contributed by atoms with Crippen LogP contribution in [0.3, 0.4) is 0 Å². The van der Waals surface area contributed by atoms with E-state index in [-0.39, 0.29) is 17.5 Å². The molecule has 0 aromatic heterocycles. The fourth-order valence-electron chi connectivity index (χ4n) is 3.92. The first kappa shape index (κ1) is 21.5. The predicted octanol–water partition coefficient (Wildman–Crippen LogP) is 2.33. The summed E-state index contributed by atoms with van der Waals surface area (Å²) < 4.78 is 39.5. The van der Waals surface area contributed by atoms with Crippen LogP contribution >= 0.6 is 11.6 Å². The smallest absolute Gasteiger partial charge is 0.241 e. The average Bonchev–Trinajstić information content (AvgIpc) is 3.15. The first-order chi connectivity index (χ1) is 13.3. The molecule has 156 valence electrons. The Bertz CT molecular complexity index is 813. The standard InChI is InChI=1S/C19H27ClFN3O3S/c1-2-12-28(26,27)24-7-3-4-18(24)19(25)23-10-8-22(9-11-23)14-15-5-6-16(21)13-17(15)20/h5-6,13,18H,2-4,7-12,14H2,1H3. The molecule has 9 heteroatoms. The maximum Gasteiger partial charge on any atom is 0.241 e. The lowest BCUT2D eigenvalue weighted by molar-refractivity contribution is -0.136. The number of piperazine rings is 1. The molecule has 0 N–H and O–H groups in total. The zero-order chi connectivity index (χ0) is 20.3. The van der Waals surface area contributed by atoms with Crippen molar-refractivity contribution in [2.24, 2.45) is 0 Å². The number of halogens is 2. The number of sulfonamides is 1. The van der Waals surface area contributed by atoms with Gasteiger partial charge in [-0.1, -0.05) is 24.6 Å². The fraction of sp³-hybridized carbons (Fsp3) is 0.632. The van der Waals surface area contributed by atoms with Crippen LogP contribution in [0.2, 0.25) is 5.02 Å². The second-order valence-electron chi connectivity index (χ2n) is 7.42. The number of carbonyl (C=O) groups is 1. The van der Waals surface area contributed by atoms with Crippen LogP contribution in [-0.4, -0.2) is 72.9 Å². The van der Waals surface area contributed by atoms with Crippen LogP contribution in [0, 0.1) is 5.82 Å². The van der Waals surface area contributed by atoms with E-state index in [2.05, 4.69) is 4.90 Å². The summed E-state index contributed by atoms with van der Waals surface area (Å²) in [5.41, 5.74) is 0.857. The van der Waals surface area contributed by atoms with Crippen molar-refractivity contribution >= 4 is 27.5 Å². The molecule has 2 saturated heterocycles. The summed E-state index contributed by atoms with van der Waals surface area (Å²) in [6.45, 7) is 5.31. The van der Waals surface area contributed by atoms with Gasteiger partial charge in [-0.15, -0.1) is 0 Å². The molecule has 28 heavy (non-hydrogen) atoms. The minimum absolute atomic E-state index is 0.0863. The summed E-state index contributed by atoms with van der Waals surface area (Å²) in [4.78, 5) is 16.9. The lowest BCUT2D eigenvalue weighted by Gasteiger charge is -2.37. The Labute approximate surface area is 171 Å². The Morgan fingerprint density at radius 2 is 1.93 bits per heavy atom. The molecule has 0 saturated carbocycles. The van der Waals surface area contributed by atoms with E-state index in [1.165, 1.54) is 16.4 Å². The number of carbonyl (C=O) groups excluding carboxylic acids is 1. The van der Waals surface area contributed by atoms with Crippen LogP contribution in [0.15, 0.2) is 18.2 Å². The van der Waals surface area contributed by atoms with E-state index >= 15 is 0 Å². The first-order valence-corrected chi connectivity index (χ1v) is 11.7. The molecule has 1 aromatic carbocycles. The molecule has 2 aliphatic rings. The molecule has 1 unspecified atom stereocenters. The number of amides is 1. The largest absolute Gasteiger partial charge is 0.339 e. The molecular formula is C19H27ClFN3O3S. The molecule has 1 aromatic rings. The van der Waals surface area contributed by atoms with E-state index < -0.39 is 16.1 Å². The molecule has 0 radical (unpaired) electrons. The van der Waals surface area contributed by atoms with Gasteiger partial charge in [0, 0.05) is 44.3 Å². The average molecular weight is 432 g/mol. The summed E-state index contributed by atoms with van der Waals surface area (Å²) >= 11 is 6.10. The number of nitrogens with zero attached hydrogens (tertiary/aromatic N) is 3. The van der Waals surface area contributed by atoms with Crippen LogP contribution in [-0.2, 0) is 21.4 Å². The maximum atomic E-state index is 13.2. The van der Waals surface area contributed by atoms with E-state index in [1.54, 1.807) is 11.0 Å². The minimum Gasteiger partial charge on any atom is -0.339 e. The summed E-state index contributed by atoms with van der Waals surface area (Å²) in [5.74, 6) is -0.358. The molecule has 1 atom stereocenters. The van der Waals surface area contributed by atoms with Gasteiger partial charge in [-0.2, -0.15) is 4.31 Å². The zero-order valence-electron chi connectivity index (χ0n) is 16.1. The quantitative estimate of drug-likeness (QED) is 0.693. The van der Waals surface area contributed by atoms with E-state index in [9.17, 15) is 17.6 Å². The van der Waals surface area contributed by atoms with Crippen LogP contribution in [0.4, 0.5) is 4.39 Å². The molecule has 0 bridgehead atoms. The number of benzene rings is 1. The van der Waals surface area contributed by atoms with Crippen molar-refractivity contribution in [2.75, 3.05) is 38.5 Å². The van der Waals surface area contributed by atoms with Gasteiger partial charge in [-0.3, -0.25) is 9.69 Å². The molecule has 0 spiro atoms. The monoisotopic (exact) mass is 431 g/mol. The van der Waals surface area contributed by atoms with Crippen molar-refractivity contribution in [3.63, 3.8) is 0 Å². The van der Waals surface area contributed by atoms with Crippen LogP contribution < -0.4 is 0 Å². The molecular weight excluding hydrogens is 405 g/mol. The van der Waals surface area contributed by atoms with E-state index in [4.69, 9.17) is 11.6 Å². The summed E-state index contributed by atoms with van der Waals surface area (Å²) in [6, 6.07) is 3.83. The zero-order valence-corrected chi connectivity index (χ0v) is 17.7. The van der Waals surface area contributed by atoms with Crippen LogP contribution in [0.1, 0.15) is 31.7 Å². The predicted molar refractivity (Wildman–Crippen MR) is 107 cm³/mol. The maximum absolute atomic E-state index is 13.2. The molecule has 2 fully saturated rings. The third-order valence-electron chi connectivity index (χ3n) is 5.40. The van der Waals surface area contributed by atoms with Gasteiger partial charge in [-0.05, 0) is 37.0 Å². The highest BCUT2D eigenvalue weighted by atomic mass is 35.5. The number of rotatable bonds is 6. The minimum atomic E-state index is -3.37. The lowest BCUT2D eigenvalue weighted by Crippen LogP contribution is -2.54. The number of hydrogen-bond acceptors (Lipinski definition) is 4. The van der Waals surface area contributed by atoms with Gasteiger partial charge in [-0.25, -0.2) is 12.8 Å². The third-order valence-corrected chi connectivity index (χ3v) is 7.83. The second kappa shape index (κ2) is 9.07. The van der Waals surface area contributed by atoms with Gasteiger partial charge < -0.3 is 4.90 Å². The first-order valence-electron chi connectivity index (χ1n) is 9.76. The van der Waals surface area contributed by atoms with Crippen LogP contribution in [0.5, 0.6) is 0 Å². The normalized spacial score (nSPS) is 22.0.